The lowest BCUT2D eigenvalue weighted by Gasteiger charge is -2.19. The fourth-order valence-corrected chi connectivity index (χ4v) is 2.33. The third kappa shape index (κ3) is 4.33. The topological polar surface area (TPSA) is 58.4 Å². The fourth-order valence-electron chi connectivity index (χ4n) is 2.33. The van der Waals surface area contributed by atoms with Crippen LogP contribution in [0.3, 0.4) is 0 Å². The van der Waals surface area contributed by atoms with E-state index in [0.29, 0.717) is 5.56 Å². The number of primary amides is 1. The molecule has 104 valence electrons. The maximum absolute atomic E-state index is 11.1. The van der Waals surface area contributed by atoms with Crippen LogP contribution in [0, 0.1) is 0 Å². The van der Waals surface area contributed by atoms with Gasteiger partial charge in [-0.2, -0.15) is 0 Å². The molecule has 19 heavy (non-hydrogen) atoms. The van der Waals surface area contributed by atoms with E-state index in [2.05, 4.69) is 17.1 Å². The van der Waals surface area contributed by atoms with Crippen LogP contribution in [-0.2, 0) is 6.54 Å². The molecule has 1 fully saturated rings. The molecule has 4 heteroatoms. The van der Waals surface area contributed by atoms with Gasteiger partial charge in [0.2, 0.25) is 5.91 Å². The van der Waals surface area contributed by atoms with Crippen LogP contribution in [0.15, 0.2) is 24.3 Å². The lowest BCUT2D eigenvalue weighted by atomic mass is 10.1. The Hall–Kier alpha value is -1.39. The summed E-state index contributed by atoms with van der Waals surface area (Å²) in [6.07, 6.45) is 2.71. The Balaban J connectivity index is 1.73. The van der Waals surface area contributed by atoms with Crippen molar-refractivity contribution in [1.29, 1.82) is 0 Å². The molecule has 0 heterocycles. The molecule has 2 rings (SSSR count). The van der Waals surface area contributed by atoms with E-state index in [-0.39, 0.29) is 5.91 Å². The first-order valence-corrected chi connectivity index (χ1v) is 7.04. The Kier molecular flexibility index (Phi) is 4.93. The first-order valence-electron chi connectivity index (χ1n) is 7.04. The Morgan fingerprint density at radius 3 is 2.89 bits per heavy atom. The fraction of sp³-hybridized carbons (Fsp3) is 0.533. The van der Waals surface area contributed by atoms with Crippen molar-refractivity contribution in [1.82, 2.24) is 10.2 Å². The number of likely N-dealkylation sites (N-methyl/N-ethyl adjacent to an activating group) is 1. The smallest absolute Gasteiger partial charge is 0.248 e. The third-order valence-electron chi connectivity index (χ3n) is 3.59. The summed E-state index contributed by atoms with van der Waals surface area (Å²) in [6.45, 7) is 6.20. The Bertz CT molecular complexity index is 429. The molecule has 0 bridgehead atoms. The van der Waals surface area contributed by atoms with Gasteiger partial charge in [-0.25, -0.2) is 0 Å². The largest absolute Gasteiger partial charge is 0.366 e. The zero-order valence-corrected chi connectivity index (χ0v) is 11.6. The first kappa shape index (κ1) is 14.0. The average Bonchev–Trinajstić information content (AvgIpc) is 3.23. The van der Waals surface area contributed by atoms with E-state index in [1.807, 2.05) is 18.2 Å². The summed E-state index contributed by atoms with van der Waals surface area (Å²) in [5.41, 5.74) is 6.95. The SMILES string of the molecule is CCN(CCNCc1cccc(C(N)=O)c1)C1CC1. The van der Waals surface area contributed by atoms with Crippen molar-refractivity contribution in [2.75, 3.05) is 19.6 Å². The summed E-state index contributed by atoms with van der Waals surface area (Å²) in [5, 5.41) is 3.42. The molecule has 3 N–H and O–H groups in total. The van der Waals surface area contributed by atoms with Crippen molar-refractivity contribution in [3.63, 3.8) is 0 Å². The minimum atomic E-state index is -0.368. The highest BCUT2D eigenvalue weighted by atomic mass is 16.1. The van der Waals surface area contributed by atoms with E-state index in [9.17, 15) is 4.79 Å². The van der Waals surface area contributed by atoms with Gasteiger partial charge < -0.3 is 11.1 Å². The van der Waals surface area contributed by atoms with Gasteiger partial charge in [0, 0.05) is 31.2 Å². The van der Waals surface area contributed by atoms with Gasteiger partial charge in [0.25, 0.3) is 0 Å². The summed E-state index contributed by atoms with van der Waals surface area (Å²) in [5.74, 6) is -0.368. The minimum absolute atomic E-state index is 0.368. The predicted molar refractivity (Wildman–Crippen MR) is 76.9 cm³/mol. The van der Waals surface area contributed by atoms with Crippen LogP contribution < -0.4 is 11.1 Å². The Morgan fingerprint density at radius 1 is 1.47 bits per heavy atom. The molecule has 0 aromatic heterocycles. The van der Waals surface area contributed by atoms with E-state index >= 15 is 0 Å². The van der Waals surface area contributed by atoms with Crippen LogP contribution >= 0.6 is 0 Å². The molecule has 1 aliphatic rings. The summed E-state index contributed by atoms with van der Waals surface area (Å²) < 4.78 is 0. The zero-order valence-electron chi connectivity index (χ0n) is 11.6. The summed E-state index contributed by atoms with van der Waals surface area (Å²) >= 11 is 0. The molecule has 1 aromatic carbocycles. The van der Waals surface area contributed by atoms with Gasteiger partial charge in [-0.1, -0.05) is 19.1 Å². The molecule has 0 atom stereocenters. The molecule has 0 radical (unpaired) electrons. The van der Waals surface area contributed by atoms with Crippen LogP contribution in [0.2, 0.25) is 0 Å². The second-order valence-corrected chi connectivity index (χ2v) is 5.10. The van der Waals surface area contributed by atoms with Crippen LogP contribution in [0.25, 0.3) is 0 Å². The van der Waals surface area contributed by atoms with E-state index in [1.165, 1.54) is 12.8 Å². The molecule has 0 aliphatic heterocycles. The van der Waals surface area contributed by atoms with Gasteiger partial charge in [-0.15, -0.1) is 0 Å². The molecule has 4 nitrogen and oxygen atoms in total. The van der Waals surface area contributed by atoms with Crippen molar-refractivity contribution >= 4 is 5.91 Å². The number of nitrogens with zero attached hydrogens (tertiary/aromatic N) is 1. The second-order valence-electron chi connectivity index (χ2n) is 5.10. The Labute approximate surface area is 115 Å². The number of carbonyl (C=O) groups is 1. The maximum Gasteiger partial charge on any atom is 0.248 e. The standard InChI is InChI=1S/C15H23N3O/c1-2-18(14-6-7-14)9-8-17-11-12-4-3-5-13(10-12)15(16)19/h3-5,10,14,17H,2,6-9,11H2,1H3,(H2,16,19). The third-order valence-corrected chi connectivity index (χ3v) is 3.59. The van der Waals surface area contributed by atoms with Crippen molar-refractivity contribution in [2.24, 2.45) is 5.73 Å². The lowest BCUT2D eigenvalue weighted by Crippen LogP contribution is -2.33. The van der Waals surface area contributed by atoms with Crippen molar-refractivity contribution < 1.29 is 4.79 Å². The van der Waals surface area contributed by atoms with Gasteiger partial charge in [0.1, 0.15) is 0 Å². The highest BCUT2D eigenvalue weighted by molar-refractivity contribution is 5.92. The predicted octanol–water partition coefficient (Wildman–Crippen LogP) is 1.36. The number of nitrogens with one attached hydrogen (secondary N) is 1. The number of hydrogen-bond donors (Lipinski definition) is 2. The summed E-state index contributed by atoms with van der Waals surface area (Å²) in [6, 6.07) is 8.31. The quantitative estimate of drug-likeness (QED) is 0.695. The number of rotatable bonds is 8. The highest BCUT2D eigenvalue weighted by Gasteiger charge is 2.26. The molecular formula is C15H23N3O. The highest BCUT2D eigenvalue weighted by Crippen LogP contribution is 2.25. The normalized spacial score (nSPS) is 14.8. The molecular weight excluding hydrogens is 238 g/mol. The molecule has 1 aromatic rings. The van der Waals surface area contributed by atoms with E-state index in [1.54, 1.807) is 6.07 Å². The summed E-state index contributed by atoms with van der Waals surface area (Å²) in [4.78, 5) is 13.6. The maximum atomic E-state index is 11.1. The molecule has 1 aliphatic carbocycles. The number of nitrogens with two attached hydrogens (primary N) is 1. The van der Waals surface area contributed by atoms with E-state index < -0.39 is 0 Å². The van der Waals surface area contributed by atoms with Crippen LogP contribution in [0.4, 0.5) is 0 Å². The monoisotopic (exact) mass is 261 g/mol. The van der Waals surface area contributed by atoms with Gasteiger partial charge in [-0.05, 0) is 37.1 Å². The van der Waals surface area contributed by atoms with Gasteiger partial charge in [0.15, 0.2) is 0 Å². The molecule has 0 saturated heterocycles. The molecule has 0 spiro atoms. The molecule has 1 saturated carbocycles. The van der Waals surface area contributed by atoms with Crippen molar-refractivity contribution in [2.45, 2.75) is 32.4 Å². The lowest BCUT2D eigenvalue weighted by molar-refractivity contribution is 0.1000. The number of carbonyl (C=O) groups excluding carboxylic acids is 1. The van der Waals surface area contributed by atoms with Crippen LogP contribution in [0.5, 0.6) is 0 Å². The Morgan fingerprint density at radius 2 is 2.26 bits per heavy atom. The summed E-state index contributed by atoms with van der Waals surface area (Å²) in [7, 11) is 0. The molecule has 0 unspecified atom stereocenters. The second kappa shape index (κ2) is 6.68. The van der Waals surface area contributed by atoms with Crippen LogP contribution in [-0.4, -0.2) is 36.5 Å². The average molecular weight is 261 g/mol. The van der Waals surface area contributed by atoms with Gasteiger partial charge >= 0.3 is 0 Å². The van der Waals surface area contributed by atoms with Crippen molar-refractivity contribution in [3.05, 3.63) is 35.4 Å². The first-order chi connectivity index (χ1) is 9.20. The number of amides is 1. The van der Waals surface area contributed by atoms with E-state index in [0.717, 1.165) is 37.8 Å². The zero-order chi connectivity index (χ0) is 13.7. The van der Waals surface area contributed by atoms with E-state index in [4.69, 9.17) is 5.73 Å². The van der Waals surface area contributed by atoms with Gasteiger partial charge in [-0.3, -0.25) is 9.69 Å². The molecule has 1 amide bonds. The number of benzene rings is 1. The number of hydrogen-bond acceptors (Lipinski definition) is 3. The minimum Gasteiger partial charge on any atom is -0.366 e. The van der Waals surface area contributed by atoms with Gasteiger partial charge in [0.05, 0.1) is 0 Å². The van der Waals surface area contributed by atoms with Crippen molar-refractivity contribution in [3.8, 4) is 0 Å². The van der Waals surface area contributed by atoms with Crippen LogP contribution in [0.1, 0.15) is 35.7 Å².